The van der Waals surface area contributed by atoms with Crippen molar-refractivity contribution in [1.29, 1.82) is 0 Å². The first kappa shape index (κ1) is 13.3. The molecule has 0 N–H and O–H groups in total. The molecule has 20 heavy (non-hydrogen) atoms. The van der Waals surface area contributed by atoms with Crippen LogP contribution in [0.2, 0.25) is 0 Å². The molecular weight excluding hydrogens is 278 g/mol. The van der Waals surface area contributed by atoms with Crippen LogP contribution in [-0.4, -0.2) is 42.4 Å². The molecule has 2 aliphatic rings. The van der Waals surface area contributed by atoms with Gasteiger partial charge in [-0.2, -0.15) is 0 Å². The molecular formula is C14H15NO4S. The molecule has 0 aromatic heterocycles. The lowest BCUT2D eigenvalue weighted by atomic mass is 10.0. The molecule has 0 bridgehead atoms. The Balaban J connectivity index is 1.90. The van der Waals surface area contributed by atoms with Gasteiger partial charge in [-0.1, -0.05) is 12.1 Å². The van der Waals surface area contributed by atoms with Gasteiger partial charge in [0.1, 0.15) is 11.8 Å². The number of carbonyl (C=O) groups is 2. The number of hydrogen-bond acceptors (Lipinski definition) is 5. The van der Waals surface area contributed by atoms with Gasteiger partial charge in [0, 0.05) is 0 Å². The Kier molecular flexibility index (Phi) is 3.33. The Morgan fingerprint density at radius 2 is 2.00 bits per heavy atom. The van der Waals surface area contributed by atoms with Crippen molar-refractivity contribution in [2.24, 2.45) is 0 Å². The zero-order valence-electron chi connectivity index (χ0n) is 11.2. The predicted octanol–water partition coefficient (Wildman–Crippen LogP) is 1.58. The number of fused-ring (bicyclic) bond motifs is 1. The van der Waals surface area contributed by atoms with Crippen LogP contribution >= 0.6 is 11.8 Å². The number of β-lactam (4-membered cyclic amide) rings is 1. The first-order valence-electron chi connectivity index (χ1n) is 6.34. The summed E-state index contributed by atoms with van der Waals surface area (Å²) in [5, 5.41) is 0.0171. The molecule has 0 spiro atoms. The molecule has 2 heterocycles. The van der Waals surface area contributed by atoms with E-state index in [4.69, 9.17) is 9.47 Å². The maximum Gasteiger partial charge on any atom is 0.330 e. The van der Waals surface area contributed by atoms with Gasteiger partial charge in [-0.3, -0.25) is 4.79 Å². The van der Waals surface area contributed by atoms with Crippen molar-refractivity contribution in [3.63, 3.8) is 0 Å². The molecule has 2 aliphatic heterocycles. The molecule has 2 saturated heterocycles. The number of carbonyl (C=O) groups excluding carboxylic acids is 2. The van der Waals surface area contributed by atoms with E-state index >= 15 is 0 Å². The molecule has 1 amide bonds. The molecule has 0 aliphatic carbocycles. The highest BCUT2D eigenvalue weighted by Crippen LogP contribution is 2.52. The number of methoxy groups -OCH3 is 2. The van der Waals surface area contributed by atoms with Crippen LogP contribution in [0.25, 0.3) is 0 Å². The number of rotatable bonds is 3. The minimum absolute atomic E-state index is 0.0221. The van der Waals surface area contributed by atoms with Crippen molar-refractivity contribution in [1.82, 2.24) is 4.90 Å². The number of nitrogens with zero attached hydrogens (tertiary/aromatic N) is 1. The molecule has 3 atom stereocenters. The molecule has 106 valence electrons. The molecule has 3 rings (SSSR count). The summed E-state index contributed by atoms with van der Waals surface area (Å²) >= 11 is 1.65. The number of benzene rings is 1. The normalized spacial score (nSPS) is 27.8. The van der Waals surface area contributed by atoms with Gasteiger partial charge < -0.3 is 14.4 Å². The van der Waals surface area contributed by atoms with E-state index in [-0.39, 0.29) is 22.5 Å². The van der Waals surface area contributed by atoms with Crippen molar-refractivity contribution >= 4 is 23.6 Å². The summed E-state index contributed by atoms with van der Waals surface area (Å²) in [6, 6.07) is 7.07. The highest BCUT2D eigenvalue weighted by Gasteiger charge is 2.55. The number of hydrogen-bond donors (Lipinski definition) is 0. The lowest BCUT2D eigenvalue weighted by Gasteiger charge is -2.36. The van der Waals surface area contributed by atoms with E-state index in [1.165, 1.54) is 7.11 Å². The lowest BCUT2D eigenvalue weighted by molar-refractivity contribution is -0.158. The second-order valence-corrected chi connectivity index (χ2v) is 6.08. The molecule has 0 saturated carbocycles. The van der Waals surface area contributed by atoms with Gasteiger partial charge in [0.2, 0.25) is 5.91 Å². The maximum absolute atomic E-state index is 12.0. The van der Waals surface area contributed by atoms with Gasteiger partial charge in [-0.25, -0.2) is 4.79 Å². The van der Waals surface area contributed by atoms with E-state index in [1.54, 1.807) is 23.8 Å². The molecule has 0 radical (unpaired) electrons. The Morgan fingerprint density at radius 3 is 2.55 bits per heavy atom. The average molecular weight is 293 g/mol. The first-order chi connectivity index (χ1) is 9.65. The SMILES string of the molecule is COC(=O)C1C(c2ccc(OC)cc2)SC2CC(=O)N21. The van der Waals surface area contributed by atoms with Crippen molar-refractivity contribution < 1.29 is 19.1 Å². The number of amides is 1. The van der Waals surface area contributed by atoms with E-state index in [9.17, 15) is 9.59 Å². The van der Waals surface area contributed by atoms with Gasteiger partial charge in [-0.15, -0.1) is 11.8 Å². The average Bonchev–Trinajstić information content (AvgIpc) is 2.79. The van der Waals surface area contributed by atoms with Crippen molar-refractivity contribution in [2.75, 3.05) is 14.2 Å². The number of ether oxygens (including phenoxy) is 2. The Bertz CT molecular complexity index is 545. The fourth-order valence-corrected chi connectivity index (χ4v) is 4.31. The van der Waals surface area contributed by atoms with E-state index in [2.05, 4.69) is 0 Å². The number of thioether (sulfide) groups is 1. The Hall–Kier alpha value is -1.69. The van der Waals surface area contributed by atoms with Crippen LogP contribution in [-0.2, 0) is 14.3 Å². The van der Waals surface area contributed by atoms with Crippen molar-refractivity contribution in [2.45, 2.75) is 23.1 Å². The van der Waals surface area contributed by atoms with Crippen LogP contribution in [0.4, 0.5) is 0 Å². The van der Waals surface area contributed by atoms with Crippen molar-refractivity contribution in [3.8, 4) is 5.75 Å². The summed E-state index contributed by atoms with van der Waals surface area (Å²) in [6.07, 6.45) is 0.505. The smallest absolute Gasteiger partial charge is 0.330 e. The van der Waals surface area contributed by atoms with Gasteiger partial charge in [0.05, 0.1) is 31.3 Å². The monoisotopic (exact) mass is 293 g/mol. The van der Waals surface area contributed by atoms with Crippen LogP contribution in [0.5, 0.6) is 5.75 Å². The second kappa shape index (κ2) is 5.01. The minimum Gasteiger partial charge on any atom is -0.497 e. The van der Waals surface area contributed by atoms with E-state index in [1.807, 2.05) is 24.3 Å². The molecule has 5 nitrogen and oxygen atoms in total. The number of esters is 1. The van der Waals surface area contributed by atoms with Gasteiger partial charge in [-0.05, 0) is 17.7 Å². The van der Waals surface area contributed by atoms with Crippen molar-refractivity contribution in [3.05, 3.63) is 29.8 Å². The fraction of sp³-hybridized carbons (Fsp3) is 0.429. The quantitative estimate of drug-likeness (QED) is 0.625. The largest absolute Gasteiger partial charge is 0.497 e. The van der Waals surface area contributed by atoms with Crippen LogP contribution in [0.15, 0.2) is 24.3 Å². The highest BCUT2D eigenvalue weighted by molar-refractivity contribution is 8.00. The third-order valence-corrected chi connectivity index (χ3v) is 5.26. The molecule has 2 fully saturated rings. The second-order valence-electron chi connectivity index (χ2n) is 4.76. The fourth-order valence-electron chi connectivity index (χ4n) is 2.65. The maximum atomic E-state index is 12.0. The zero-order valence-corrected chi connectivity index (χ0v) is 12.1. The predicted molar refractivity (Wildman–Crippen MR) is 74.4 cm³/mol. The summed E-state index contributed by atoms with van der Waals surface area (Å²) in [4.78, 5) is 25.4. The third-order valence-electron chi connectivity index (χ3n) is 3.72. The van der Waals surface area contributed by atoms with Gasteiger partial charge in [0.25, 0.3) is 0 Å². The van der Waals surface area contributed by atoms with Crippen LogP contribution in [0.1, 0.15) is 17.2 Å². The van der Waals surface area contributed by atoms with Gasteiger partial charge in [0.15, 0.2) is 0 Å². The van der Waals surface area contributed by atoms with E-state index < -0.39 is 6.04 Å². The minimum atomic E-state index is -0.523. The Labute approximate surface area is 121 Å². The summed E-state index contributed by atoms with van der Waals surface area (Å²) in [6.45, 7) is 0. The van der Waals surface area contributed by atoms with E-state index in [0.29, 0.717) is 6.42 Å². The first-order valence-corrected chi connectivity index (χ1v) is 7.28. The zero-order chi connectivity index (χ0) is 14.3. The van der Waals surface area contributed by atoms with Gasteiger partial charge >= 0.3 is 5.97 Å². The van der Waals surface area contributed by atoms with Crippen LogP contribution in [0, 0.1) is 0 Å². The third kappa shape index (κ3) is 1.95. The van der Waals surface area contributed by atoms with Crippen LogP contribution < -0.4 is 4.74 Å². The standard InChI is InChI=1S/C14H15NO4S/c1-18-9-5-3-8(4-6-9)13-12(14(17)19-2)15-10(16)7-11(15)20-13/h3-6,11-13H,7H2,1-2H3. The molecule has 3 unspecified atom stereocenters. The molecule has 1 aromatic carbocycles. The topological polar surface area (TPSA) is 55.8 Å². The van der Waals surface area contributed by atoms with Crippen LogP contribution in [0.3, 0.4) is 0 Å². The summed E-state index contributed by atoms with van der Waals surface area (Å²) < 4.78 is 10.00. The Morgan fingerprint density at radius 1 is 1.30 bits per heavy atom. The van der Waals surface area contributed by atoms with E-state index in [0.717, 1.165) is 11.3 Å². The lowest BCUT2D eigenvalue weighted by Crippen LogP contribution is -2.54. The summed E-state index contributed by atoms with van der Waals surface area (Å²) in [7, 11) is 2.97. The molecule has 6 heteroatoms. The summed E-state index contributed by atoms with van der Waals surface area (Å²) in [5.41, 5.74) is 1.01. The highest BCUT2D eigenvalue weighted by atomic mass is 32.2. The summed E-state index contributed by atoms with van der Waals surface area (Å²) in [5.74, 6) is 0.438. The molecule has 1 aromatic rings.